The highest BCUT2D eigenvalue weighted by Gasteiger charge is 2.22. The van der Waals surface area contributed by atoms with E-state index in [9.17, 15) is 8.78 Å². The maximum atomic E-state index is 12.2. The first kappa shape index (κ1) is 22.4. The van der Waals surface area contributed by atoms with Crippen LogP contribution in [0.2, 0.25) is 0 Å². The minimum absolute atomic E-state index is 0.177. The number of nitrogens with zero attached hydrogens (tertiary/aromatic N) is 1. The Morgan fingerprint density at radius 2 is 1.72 bits per heavy atom. The van der Waals surface area contributed by atoms with Crippen molar-refractivity contribution in [2.75, 3.05) is 20.3 Å². The topological polar surface area (TPSA) is 49.8 Å². The zero-order valence-electron chi connectivity index (χ0n) is 18.0. The number of methoxy groups -OCH3 is 1. The maximum Gasteiger partial charge on any atom is 0.387 e. The summed E-state index contributed by atoms with van der Waals surface area (Å²) in [5.74, 6) is 1.31. The Morgan fingerprint density at radius 3 is 2.44 bits per heavy atom. The van der Waals surface area contributed by atoms with E-state index in [1.54, 1.807) is 19.2 Å². The fourth-order valence-electron chi connectivity index (χ4n) is 3.93. The van der Waals surface area contributed by atoms with Gasteiger partial charge >= 0.3 is 6.61 Å². The maximum absolute atomic E-state index is 12.2. The second kappa shape index (κ2) is 10.7. The minimum atomic E-state index is -2.80. The molecule has 2 heterocycles. The highest BCUT2D eigenvalue weighted by atomic mass is 19.3. The first-order valence-electron chi connectivity index (χ1n) is 10.8. The van der Waals surface area contributed by atoms with E-state index >= 15 is 0 Å². The van der Waals surface area contributed by atoms with E-state index < -0.39 is 6.61 Å². The van der Waals surface area contributed by atoms with Crippen molar-refractivity contribution in [1.29, 1.82) is 0 Å². The highest BCUT2D eigenvalue weighted by molar-refractivity contribution is 5.83. The number of ether oxygens (including phenoxy) is 4. The molecule has 32 heavy (non-hydrogen) atoms. The first-order valence-corrected chi connectivity index (χ1v) is 10.8. The molecule has 0 bridgehead atoms. The molecule has 0 radical (unpaired) electrons. The van der Waals surface area contributed by atoms with Crippen molar-refractivity contribution >= 4 is 10.9 Å². The quantitative estimate of drug-likeness (QED) is 0.443. The number of alkyl halides is 2. The van der Waals surface area contributed by atoms with E-state index in [0.717, 1.165) is 47.9 Å². The van der Waals surface area contributed by atoms with Gasteiger partial charge in [0.2, 0.25) is 0 Å². The Labute approximate surface area is 186 Å². The van der Waals surface area contributed by atoms with Crippen LogP contribution in [-0.4, -0.2) is 38.2 Å². The van der Waals surface area contributed by atoms with Crippen molar-refractivity contribution in [3.63, 3.8) is 0 Å². The van der Waals surface area contributed by atoms with Crippen LogP contribution in [0, 0.1) is 5.92 Å². The van der Waals surface area contributed by atoms with E-state index in [2.05, 4.69) is 9.72 Å². The smallest absolute Gasteiger partial charge is 0.387 e. The molecule has 1 aromatic heterocycles. The molecule has 170 valence electrons. The molecule has 1 fully saturated rings. The zero-order valence-corrected chi connectivity index (χ0v) is 18.0. The highest BCUT2D eigenvalue weighted by Crippen LogP contribution is 2.25. The van der Waals surface area contributed by atoms with Gasteiger partial charge in [0.05, 0.1) is 25.8 Å². The summed E-state index contributed by atoms with van der Waals surface area (Å²) < 4.78 is 46.1. The van der Waals surface area contributed by atoms with Gasteiger partial charge in [0, 0.05) is 23.9 Å². The lowest BCUT2D eigenvalue weighted by Crippen LogP contribution is -2.32. The molecule has 7 heteroatoms. The molecule has 1 aliphatic rings. The van der Waals surface area contributed by atoms with Crippen LogP contribution in [0.1, 0.15) is 24.0 Å². The van der Waals surface area contributed by atoms with Gasteiger partial charge in [-0.2, -0.15) is 8.78 Å². The third kappa shape index (κ3) is 5.93. The van der Waals surface area contributed by atoms with Crippen molar-refractivity contribution in [3.05, 3.63) is 65.9 Å². The number of halogens is 2. The Hall–Kier alpha value is -2.77. The normalized spacial score (nSPS) is 18.8. The van der Waals surface area contributed by atoms with Gasteiger partial charge in [-0.05, 0) is 66.8 Å². The summed E-state index contributed by atoms with van der Waals surface area (Å²) in [7, 11) is 1.66. The molecule has 0 saturated carbocycles. The van der Waals surface area contributed by atoms with Crippen molar-refractivity contribution in [1.82, 2.24) is 4.98 Å². The van der Waals surface area contributed by atoms with Crippen molar-refractivity contribution in [3.8, 4) is 11.5 Å². The van der Waals surface area contributed by atoms with E-state index in [-0.39, 0.29) is 12.0 Å². The average Bonchev–Trinajstić information content (AvgIpc) is 2.82. The van der Waals surface area contributed by atoms with Gasteiger partial charge in [-0.25, -0.2) is 0 Å². The van der Waals surface area contributed by atoms with Crippen LogP contribution in [0.3, 0.4) is 0 Å². The molecule has 4 rings (SSSR count). The van der Waals surface area contributed by atoms with Gasteiger partial charge in [-0.1, -0.05) is 12.1 Å². The third-order valence-corrected chi connectivity index (χ3v) is 5.71. The molecular weight excluding hydrogens is 416 g/mol. The van der Waals surface area contributed by atoms with E-state index in [1.807, 2.05) is 42.6 Å². The molecule has 0 aliphatic carbocycles. The van der Waals surface area contributed by atoms with Crippen LogP contribution in [0.5, 0.6) is 11.5 Å². The summed E-state index contributed by atoms with van der Waals surface area (Å²) >= 11 is 0. The number of pyridine rings is 1. The lowest BCUT2D eigenvalue weighted by Gasteiger charge is -2.29. The van der Waals surface area contributed by atoms with Gasteiger partial charge < -0.3 is 18.9 Å². The van der Waals surface area contributed by atoms with E-state index in [0.29, 0.717) is 19.1 Å². The minimum Gasteiger partial charge on any atom is -0.497 e. The van der Waals surface area contributed by atoms with Crippen LogP contribution in [-0.2, 0) is 22.3 Å². The first-order chi connectivity index (χ1) is 15.6. The van der Waals surface area contributed by atoms with Crippen molar-refractivity contribution < 1.29 is 27.7 Å². The summed E-state index contributed by atoms with van der Waals surface area (Å²) in [4.78, 5) is 4.43. The molecule has 0 amide bonds. The largest absolute Gasteiger partial charge is 0.497 e. The molecule has 1 saturated heterocycles. The zero-order chi connectivity index (χ0) is 22.3. The number of fused-ring (bicyclic) bond motifs is 1. The lowest BCUT2D eigenvalue weighted by atomic mass is 10.00. The van der Waals surface area contributed by atoms with E-state index in [1.165, 1.54) is 5.56 Å². The summed E-state index contributed by atoms with van der Waals surface area (Å²) in [6.45, 7) is -1.49. The van der Waals surface area contributed by atoms with Gasteiger partial charge in [0.25, 0.3) is 0 Å². The number of aromatic nitrogens is 1. The Morgan fingerprint density at radius 1 is 0.969 bits per heavy atom. The van der Waals surface area contributed by atoms with Gasteiger partial charge in [0.15, 0.2) is 6.29 Å². The molecule has 5 nitrogen and oxygen atoms in total. The number of benzene rings is 2. The number of rotatable bonds is 9. The Bertz CT molecular complexity index is 1000. The van der Waals surface area contributed by atoms with Crippen LogP contribution >= 0.6 is 0 Å². The lowest BCUT2D eigenvalue weighted by molar-refractivity contribution is -0.203. The van der Waals surface area contributed by atoms with Gasteiger partial charge in [0.1, 0.15) is 11.5 Å². The molecular formula is C25H27F2NO4. The Balaban J connectivity index is 1.23. The average molecular weight is 443 g/mol. The molecule has 2 aromatic carbocycles. The standard InChI is InChI=1S/C25H27F2NO4/c1-29-21-9-10-23-22(14-21)19(12-13-28-23)6-11-24-30-15-18(16-31-24)3-2-17-4-7-20(8-5-17)32-25(26)27/h4-5,7-10,12-14,18,24-25H,2-3,6,11,15-16H2,1H3. The van der Waals surface area contributed by atoms with Crippen LogP contribution < -0.4 is 9.47 Å². The van der Waals surface area contributed by atoms with Gasteiger partial charge in [-0.3, -0.25) is 4.98 Å². The summed E-state index contributed by atoms with van der Waals surface area (Å²) in [6, 6.07) is 14.7. The number of hydrogen-bond acceptors (Lipinski definition) is 5. The van der Waals surface area contributed by atoms with Crippen molar-refractivity contribution in [2.24, 2.45) is 5.92 Å². The molecule has 3 aromatic rings. The third-order valence-electron chi connectivity index (χ3n) is 5.71. The predicted octanol–water partition coefficient (Wildman–Crippen LogP) is 5.40. The number of aryl methyl sites for hydroxylation is 2. The predicted molar refractivity (Wildman–Crippen MR) is 117 cm³/mol. The van der Waals surface area contributed by atoms with Crippen LogP contribution in [0.15, 0.2) is 54.7 Å². The SMILES string of the molecule is COc1ccc2nccc(CCC3OCC(CCc4ccc(OC(F)F)cc4)CO3)c2c1. The van der Waals surface area contributed by atoms with Crippen LogP contribution in [0.25, 0.3) is 10.9 Å². The summed E-state index contributed by atoms with van der Waals surface area (Å²) in [5.41, 5.74) is 3.22. The molecule has 0 spiro atoms. The number of hydrogen-bond donors (Lipinski definition) is 0. The van der Waals surface area contributed by atoms with Gasteiger partial charge in [-0.15, -0.1) is 0 Å². The van der Waals surface area contributed by atoms with Crippen LogP contribution in [0.4, 0.5) is 8.78 Å². The molecule has 0 N–H and O–H groups in total. The molecule has 0 unspecified atom stereocenters. The summed E-state index contributed by atoms with van der Waals surface area (Å²) in [6.07, 6.45) is 4.96. The molecule has 0 atom stereocenters. The molecule has 1 aliphatic heterocycles. The monoisotopic (exact) mass is 443 g/mol. The van der Waals surface area contributed by atoms with Crippen molar-refractivity contribution in [2.45, 2.75) is 38.6 Å². The summed E-state index contributed by atoms with van der Waals surface area (Å²) in [5, 5.41) is 1.09. The van der Waals surface area contributed by atoms with E-state index in [4.69, 9.17) is 14.2 Å². The second-order valence-corrected chi connectivity index (χ2v) is 7.92. The fraction of sp³-hybridized carbons (Fsp3) is 0.400. The Kier molecular flexibility index (Phi) is 7.50. The second-order valence-electron chi connectivity index (χ2n) is 7.92. The fourth-order valence-corrected chi connectivity index (χ4v) is 3.93.